The van der Waals surface area contributed by atoms with E-state index in [-0.39, 0.29) is 5.91 Å². The van der Waals surface area contributed by atoms with Crippen LogP contribution in [-0.2, 0) is 6.54 Å². The van der Waals surface area contributed by atoms with Gasteiger partial charge in [-0.25, -0.2) is 9.48 Å². The average molecular weight is 460 g/mol. The lowest BCUT2D eigenvalue weighted by molar-refractivity contribution is 0.0785. The van der Waals surface area contributed by atoms with Gasteiger partial charge in [-0.2, -0.15) is 5.10 Å². The van der Waals surface area contributed by atoms with E-state index < -0.39 is 6.03 Å². The molecule has 0 aliphatic rings. The van der Waals surface area contributed by atoms with E-state index in [1.807, 2.05) is 36.4 Å². The lowest BCUT2D eigenvalue weighted by atomic mass is 10.1. The molecule has 0 radical (unpaired) electrons. The summed E-state index contributed by atoms with van der Waals surface area (Å²) >= 11 is 6.07. The summed E-state index contributed by atoms with van der Waals surface area (Å²) in [5, 5.41) is 10.2. The van der Waals surface area contributed by atoms with Gasteiger partial charge < -0.3 is 15.5 Å². The van der Waals surface area contributed by atoms with Gasteiger partial charge in [-0.05, 0) is 35.9 Å². The molecule has 0 fully saturated rings. The van der Waals surface area contributed by atoms with Crippen molar-refractivity contribution in [1.29, 1.82) is 0 Å². The topological polar surface area (TPSA) is 79.3 Å². The van der Waals surface area contributed by atoms with E-state index in [1.54, 1.807) is 65.3 Å². The van der Waals surface area contributed by atoms with Gasteiger partial charge in [0.25, 0.3) is 5.91 Å². The number of rotatable bonds is 6. The fraction of sp³-hybridized carbons (Fsp3) is 0.0800. The molecule has 0 spiro atoms. The summed E-state index contributed by atoms with van der Waals surface area (Å²) in [5.41, 5.74) is 3.32. The Morgan fingerprint density at radius 1 is 0.970 bits per heavy atom. The summed E-state index contributed by atoms with van der Waals surface area (Å²) in [6.07, 6.45) is 3.20. The standard InChI is InChI=1S/C25H22ClN5O2/c1-30(16-18-8-3-2-4-9-18)24(32)19-10-7-11-21(14-19)31-17-20(15-27-31)28-25(33)29-23-13-6-5-12-22(23)26/h2-15,17H,16H2,1H3,(H2,28,29,33). The molecule has 0 bridgehead atoms. The van der Waals surface area contributed by atoms with E-state index in [1.165, 1.54) is 6.20 Å². The first-order valence-corrected chi connectivity index (χ1v) is 10.6. The predicted molar refractivity (Wildman–Crippen MR) is 130 cm³/mol. The molecule has 1 aromatic heterocycles. The summed E-state index contributed by atoms with van der Waals surface area (Å²) in [7, 11) is 1.77. The highest BCUT2D eigenvalue weighted by molar-refractivity contribution is 6.33. The molecule has 166 valence electrons. The molecule has 8 heteroatoms. The van der Waals surface area contributed by atoms with Crippen LogP contribution in [0.15, 0.2) is 91.3 Å². The summed E-state index contributed by atoms with van der Waals surface area (Å²) < 4.78 is 1.60. The first-order chi connectivity index (χ1) is 16.0. The predicted octanol–water partition coefficient (Wildman–Crippen LogP) is 5.44. The number of hydrogen-bond donors (Lipinski definition) is 2. The Hall–Kier alpha value is -4.10. The molecule has 7 nitrogen and oxygen atoms in total. The van der Waals surface area contributed by atoms with Crippen molar-refractivity contribution in [2.75, 3.05) is 17.7 Å². The second kappa shape index (κ2) is 10.0. The fourth-order valence-corrected chi connectivity index (χ4v) is 3.49. The van der Waals surface area contributed by atoms with Gasteiger partial charge in [-0.3, -0.25) is 4.79 Å². The van der Waals surface area contributed by atoms with Crippen molar-refractivity contribution < 1.29 is 9.59 Å². The summed E-state index contributed by atoms with van der Waals surface area (Å²) in [6, 6.07) is 23.5. The van der Waals surface area contributed by atoms with Crippen LogP contribution in [0.4, 0.5) is 16.2 Å². The zero-order chi connectivity index (χ0) is 23.2. The van der Waals surface area contributed by atoms with Gasteiger partial charge in [0.2, 0.25) is 0 Å². The third kappa shape index (κ3) is 5.58. The van der Waals surface area contributed by atoms with E-state index >= 15 is 0 Å². The van der Waals surface area contributed by atoms with Crippen LogP contribution < -0.4 is 10.6 Å². The maximum Gasteiger partial charge on any atom is 0.323 e. The molecular weight excluding hydrogens is 438 g/mol. The Labute approximate surface area is 196 Å². The number of nitrogens with one attached hydrogen (secondary N) is 2. The fourth-order valence-electron chi connectivity index (χ4n) is 3.31. The van der Waals surface area contributed by atoms with E-state index in [4.69, 9.17) is 11.6 Å². The molecule has 1 heterocycles. The van der Waals surface area contributed by atoms with Crippen LogP contribution in [0.25, 0.3) is 5.69 Å². The number of halogens is 1. The summed E-state index contributed by atoms with van der Waals surface area (Å²) in [4.78, 5) is 26.9. The molecule has 0 aliphatic carbocycles. The van der Waals surface area contributed by atoms with Crippen molar-refractivity contribution in [1.82, 2.24) is 14.7 Å². The highest BCUT2D eigenvalue weighted by Gasteiger charge is 2.14. The minimum Gasteiger partial charge on any atom is -0.337 e. The molecule has 0 aliphatic heterocycles. The summed E-state index contributed by atoms with van der Waals surface area (Å²) in [5.74, 6) is -0.0923. The first-order valence-electron chi connectivity index (χ1n) is 10.3. The van der Waals surface area contributed by atoms with Gasteiger partial charge in [0.05, 0.1) is 34.5 Å². The van der Waals surface area contributed by atoms with Gasteiger partial charge in [0.1, 0.15) is 0 Å². The Kier molecular flexibility index (Phi) is 6.71. The van der Waals surface area contributed by atoms with Crippen molar-refractivity contribution in [3.8, 4) is 5.69 Å². The quantitative estimate of drug-likeness (QED) is 0.403. The molecule has 0 saturated heterocycles. The van der Waals surface area contributed by atoms with Crippen molar-refractivity contribution in [3.63, 3.8) is 0 Å². The van der Waals surface area contributed by atoms with Crippen LogP contribution in [0.1, 0.15) is 15.9 Å². The number of hydrogen-bond acceptors (Lipinski definition) is 3. The van der Waals surface area contributed by atoms with E-state index in [0.29, 0.717) is 34.2 Å². The van der Waals surface area contributed by atoms with Crippen LogP contribution >= 0.6 is 11.6 Å². The number of nitrogens with zero attached hydrogens (tertiary/aromatic N) is 3. The van der Waals surface area contributed by atoms with Gasteiger partial charge in [0.15, 0.2) is 0 Å². The number of anilines is 2. The van der Waals surface area contributed by atoms with Crippen LogP contribution in [0.2, 0.25) is 5.02 Å². The highest BCUT2D eigenvalue weighted by Crippen LogP contribution is 2.21. The number of amides is 3. The van der Waals surface area contributed by atoms with Crippen molar-refractivity contribution in [2.24, 2.45) is 0 Å². The van der Waals surface area contributed by atoms with Crippen LogP contribution in [-0.4, -0.2) is 33.7 Å². The van der Waals surface area contributed by atoms with E-state index in [2.05, 4.69) is 15.7 Å². The minimum atomic E-state index is -0.436. The van der Waals surface area contributed by atoms with Gasteiger partial charge in [0, 0.05) is 19.2 Å². The lowest BCUT2D eigenvalue weighted by Crippen LogP contribution is -2.26. The van der Waals surface area contributed by atoms with Gasteiger partial charge in [-0.15, -0.1) is 0 Å². The molecule has 0 atom stereocenters. The zero-order valence-corrected chi connectivity index (χ0v) is 18.7. The normalized spacial score (nSPS) is 10.5. The van der Waals surface area contributed by atoms with Crippen molar-refractivity contribution in [2.45, 2.75) is 6.54 Å². The second-order valence-corrected chi connectivity index (χ2v) is 7.84. The molecule has 3 amide bonds. The number of benzene rings is 3. The molecule has 4 aromatic rings. The number of aromatic nitrogens is 2. The Morgan fingerprint density at radius 3 is 2.52 bits per heavy atom. The number of carbonyl (C=O) groups is 2. The maximum atomic E-state index is 12.9. The molecule has 0 saturated carbocycles. The third-order valence-electron chi connectivity index (χ3n) is 4.93. The van der Waals surface area contributed by atoms with Crippen molar-refractivity contribution >= 4 is 34.9 Å². The van der Waals surface area contributed by atoms with Crippen molar-refractivity contribution in [3.05, 3.63) is 107 Å². The minimum absolute atomic E-state index is 0.0923. The number of carbonyl (C=O) groups excluding carboxylic acids is 2. The first kappa shape index (κ1) is 22.1. The SMILES string of the molecule is CN(Cc1ccccc1)C(=O)c1cccc(-n2cc(NC(=O)Nc3ccccc3Cl)cn2)c1. The zero-order valence-electron chi connectivity index (χ0n) is 17.9. The summed E-state index contributed by atoms with van der Waals surface area (Å²) in [6.45, 7) is 0.514. The average Bonchev–Trinajstić information content (AvgIpc) is 3.29. The van der Waals surface area contributed by atoms with Gasteiger partial charge in [-0.1, -0.05) is 60.1 Å². The monoisotopic (exact) mass is 459 g/mol. The molecule has 3 aromatic carbocycles. The largest absolute Gasteiger partial charge is 0.337 e. The Bertz CT molecular complexity index is 1270. The second-order valence-electron chi connectivity index (χ2n) is 7.43. The molecule has 2 N–H and O–H groups in total. The van der Waals surface area contributed by atoms with Crippen LogP contribution in [0, 0.1) is 0 Å². The van der Waals surface area contributed by atoms with Crippen LogP contribution in [0.3, 0.4) is 0 Å². The third-order valence-corrected chi connectivity index (χ3v) is 5.26. The van der Waals surface area contributed by atoms with E-state index in [9.17, 15) is 9.59 Å². The Morgan fingerprint density at radius 2 is 1.73 bits per heavy atom. The molecular formula is C25H22ClN5O2. The number of urea groups is 1. The molecule has 33 heavy (non-hydrogen) atoms. The number of para-hydroxylation sites is 1. The van der Waals surface area contributed by atoms with E-state index in [0.717, 1.165) is 5.56 Å². The van der Waals surface area contributed by atoms with Crippen LogP contribution in [0.5, 0.6) is 0 Å². The molecule has 0 unspecified atom stereocenters. The lowest BCUT2D eigenvalue weighted by Gasteiger charge is -2.17. The Balaban J connectivity index is 1.43. The maximum absolute atomic E-state index is 12.9. The molecule has 4 rings (SSSR count). The smallest absolute Gasteiger partial charge is 0.323 e. The van der Waals surface area contributed by atoms with Gasteiger partial charge >= 0.3 is 6.03 Å². The highest BCUT2D eigenvalue weighted by atomic mass is 35.5.